The van der Waals surface area contributed by atoms with Gasteiger partial charge in [-0.1, -0.05) is 122 Å². The summed E-state index contributed by atoms with van der Waals surface area (Å²) < 4.78 is 85.4. The predicted molar refractivity (Wildman–Crippen MR) is 492 cm³/mol. The van der Waals surface area contributed by atoms with Crippen molar-refractivity contribution >= 4 is 117 Å². The van der Waals surface area contributed by atoms with Crippen molar-refractivity contribution in [1.29, 1.82) is 0 Å². The number of fused-ring (bicyclic) bond motifs is 6. The molecule has 16 atom stereocenters. The second kappa shape index (κ2) is 50.5. The van der Waals surface area contributed by atoms with Crippen molar-refractivity contribution < 1.29 is 114 Å². The zero-order valence-electron chi connectivity index (χ0n) is 71.0. The Labute approximate surface area is 778 Å². The van der Waals surface area contributed by atoms with Gasteiger partial charge in [0.05, 0.1) is 73.2 Å². The molecule has 6 aliphatic rings. The number of benzene rings is 4. The summed E-state index contributed by atoms with van der Waals surface area (Å²) in [6, 6.07) is 35.0. The zero-order chi connectivity index (χ0) is 93.7. The highest BCUT2D eigenvalue weighted by molar-refractivity contribution is 7.81. The lowest BCUT2D eigenvalue weighted by Crippen LogP contribution is -2.35. The van der Waals surface area contributed by atoms with Crippen LogP contribution in [-0.4, -0.2) is 295 Å². The summed E-state index contributed by atoms with van der Waals surface area (Å²) >= 11 is 0. The largest absolute Gasteiger partial charge is 0.399 e. The molecule has 6 saturated heterocycles. The lowest BCUT2D eigenvalue weighted by atomic mass is 10.1. The van der Waals surface area contributed by atoms with Gasteiger partial charge < -0.3 is 105 Å². The minimum absolute atomic E-state index is 0. The van der Waals surface area contributed by atoms with Gasteiger partial charge in [-0.2, -0.15) is 8.42 Å². The molecule has 4 unspecified atom stereocenters. The Morgan fingerprint density at radius 3 is 0.956 bits per heavy atom. The number of nitrogens with two attached hydrogens (primary N) is 1. The van der Waals surface area contributed by atoms with E-state index in [2.05, 4.69) is 112 Å². The minimum Gasteiger partial charge on any atom is -0.394 e. The fourth-order valence-electron chi connectivity index (χ4n) is 14.1. The van der Waals surface area contributed by atoms with Crippen LogP contribution in [0.25, 0.3) is 55.1 Å². The maximum absolute atomic E-state index is 12.6. The third-order valence-corrected chi connectivity index (χ3v) is 20.7. The Balaban J connectivity index is 0.000000261. The van der Waals surface area contributed by atoms with Crippen LogP contribution < -0.4 is 27.0 Å². The monoisotopic (exact) mass is 1900 g/mol. The molecular weight excluding hydrogens is 1780 g/mol. The second-order valence-corrected chi connectivity index (χ2v) is 30.5. The Hall–Kier alpha value is -12.8. The number of carbonyl (C=O) groups is 5. The van der Waals surface area contributed by atoms with Crippen molar-refractivity contribution in [1.82, 2.24) is 78.1 Å². The highest BCUT2D eigenvalue weighted by atomic mass is 32.3. The molecule has 6 fully saturated rings. The van der Waals surface area contributed by atoms with Crippen molar-refractivity contribution in [2.24, 2.45) is 10.8 Å². The average Bonchev–Trinajstić information content (AvgIpc) is 1.57. The Bertz CT molecular complexity index is 5790. The molecule has 8 aromatic heterocycles. The number of hydrogen-bond acceptors (Lipinski definition) is 38. The smallest absolute Gasteiger partial charge is 0.394 e. The number of ether oxygens (including phenoxy) is 9. The van der Waals surface area contributed by atoms with Gasteiger partial charge >= 0.3 is 10.4 Å². The first-order chi connectivity index (χ1) is 62.7. The molecule has 0 spiro atoms. The number of nitrogens with zero attached hydrogens (tertiary/aromatic N) is 19. The molecule has 0 saturated carbocycles. The fourth-order valence-corrected chi connectivity index (χ4v) is 14.2. The first kappa shape index (κ1) is 111. The van der Waals surface area contributed by atoms with Gasteiger partial charge in [0, 0.05) is 47.9 Å². The third kappa shape index (κ3) is 25.6. The summed E-state index contributed by atoms with van der Waals surface area (Å²) in [5.41, 5.74) is 19.3. The van der Waals surface area contributed by atoms with Crippen LogP contribution in [0.3, 0.4) is 0 Å². The molecule has 726 valence electrons. The second-order valence-electron chi connectivity index (χ2n) is 29.0. The summed E-state index contributed by atoms with van der Waals surface area (Å²) in [6.45, 7) is 10.3. The van der Waals surface area contributed by atoms with E-state index in [0.717, 1.165) is 14.2 Å². The van der Waals surface area contributed by atoms with Gasteiger partial charge in [-0.05, 0) is 81.8 Å². The number of rotatable bonds is 19. The fraction of sp³-hybridized carbons (Fsp3) is 0.424. The van der Waals surface area contributed by atoms with E-state index in [4.69, 9.17) is 54.0 Å². The quantitative estimate of drug-likeness (QED) is 0.0175. The van der Waals surface area contributed by atoms with Gasteiger partial charge in [-0.25, -0.2) is 59.8 Å². The van der Waals surface area contributed by atoms with E-state index >= 15 is 0 Å². The summed E-state index contributed by atoms with van der Waals surface area (Å²) in [6.07, 6.45) is -1.10. The van der Waals surface area contributed by atoms with E-state index in [9.17, 15) is 58.2 Å². The molecule has 4 amide bonds. The van der Waals surface area contributed by atoms with E-state index in [1.54, 1.807) is 133 Å². The van der Waals surface area contributed by atoms with Gasteiger partial charge in [0.25, 0.3) is 23.6 Å². The predicted octanol–water partition coefficient (Wildman–Crippen LogP) is 6.63. The average molecular weight is 1900 g/mol. The van der Waals surface area contributed by atoms with Crippen molar-refractivity contribution in [3.63, 3.8) is 0 Å². The molecule has 2 radical (unpaired) electrons. The Kier molecular flexibility index (Phi) is 41.5. The molecule has 0 aliphatic carbocycles. The van der Waals surface area contributed by atoms with Crippen LogP contribution in [0.4, 0.5) is 23.3 Å². The summed E-state index contributed by atoms with van der Waals surface area (Å²) in [7, 11) is 6.15. The number of imidazole rings is 4. The van der Waals surface area contributed by atoms with Crippen LogP contribution in [0.2, 0.25) is 6.82 Å². The van der Waals surface area contributed by atoms with E-state index in [1.807, 2.05) is 58.7 Å². The van der Waals surface area contributed by atoms with E-state index < -0.39 is 127 Å². The summed E-state index contributed by atoms with van der Waals surface area (Å²) in [4.78, 5) is 111. The molecule has 6 aliphatic heterocycles. The first-order valence-corrected chi connectivity index (χ1v) is 40.8. The Morgan fingerprint density at radius 2 is 0.696 bits per heavy atom. The third-order valence-electron chi connectivity index (χ3n) is 19.9. The van der Waals surface area contributed by atoms with Crippen molar-refractivity contribution in [3.05, 3.63) is 205 Å². The summed E-state index contributed by atoms with van der Waals surface area (Å²) in [5, 5.41) is 74.0. The van der Waals surface area contributed by atoms with Gasteiger partial charge in [-0.3, -0.25) is 45.8 Å². The number of aliphatic hydroxyl groups is 6. The minimum atomic E-state index is -3.66. The van der Waals surface area contributed by atoms with Crippen molar-refractivity contribution in [2.45, 2.75) is 181 Å². The zero-order valence-corrected chi connectivity index (χ0v) is 71.8. The molecule has 48 nitrogen and oxygen atoms in total. The molecular formula is C85H113BN24O24S. The molecule has 18 rings (SSSR count). The first-order valence-electron chi connectivity index (χ1n) is 39.4. The molecule has 50 heteroatoms. The van der Waals surface area contributed by atoms with E-state index in [-0.39, 0.29) is 97.9 Å². The topological polar surface area (TPSA) is 640 Å². The number of nitrogens with one attached hydrogen (secondary N) is 4. The normalized spacial score (nSPS) is 23.0. The number of amides is 4. The molecule has 14 heterocycles. The highest BCUT2D eigenvalue weighted by Crippen LogP contribution is 2.46. The van der Waals surface area contributed by atoms with Gasteiger partial charge in [0.15, 0.2) is 104 Å². The maximum atomic E-state index is 12.6. The van der Waals surface area contributed by atoms with Crippen LogP contribution in [-0.2, 0) is 66.2 Å². The van der Waals surface area contributed by atoms with Crippen molar-refractivity contribution in [2.75, 3.05) is 76.0 Å². The molecule has 0 bridgehead atoms. The number of methoxy groups -OCH3 is 1. The van der Waals surface area contributed by atoms with Crippen LogP contribution >= 0.6 is 0 Å². The Morgan fingerprint density at radius 1 is 0.437 bits per heavy atom. The highest BCUT2D eigenvalue weighted by Gasteiger charge is 2.58. The number of azide groups is 1. The molecule has 12 N–H and O–H groups in total. The van der Waals surface area contributed by atoms with E-state index in [0.29, 0.717) is 72.7 Å². The van der Waals surface area contributed by atoms with Gasteiger partial charge in [-0.15, -0.1) is 0 Å². The molecule has 4 aromatic carbocycles. The molecule has 135 heavy (non-hydrogen) atoms. The molecule has 12 aromatic rings. The number of aliphatic hydroxyl groups excluding tert-OH is 6. The van der Waals surface area contributed by atoms with Crippen molar-refractivity contribution in [3.8, 4) is 0 Å². The number of aromatic nitrogens is 16. The van der Waals surface area contributed by atoms with Crippen LogP contribution in [0.1, 0.15) is 131 Å². The maximum Gasteiger partial charge on any atom is 0.399 e. The lowest BCUT2D eigenvalue weighted by molar-refractivity contribution is -0.199. The standard InChI is InChI=1S/C20H20N8O4.C20H21N5O5.C17H18N6O4.C17H17N5O5.C2H6O4S.C2H6O.CH3B.CH2O.5CH4/c1-20(2)31-14-12(8-25-27-21)30-19(15(14)32-20)28-10-24-13-16(22-9-23-17(13)28)26-18(29)11-6-4-3-5-7-11;1-20(2)29-14-12(8-26)28-19(15(14)30-20)25-10-23-13-16(21-9-22-17(13)25)24-18(27)11-6-4-3-5-7-11;18-6-10-12(24)13(25)17(27-10)23-8-21-11-14(19-7-20-15(11)23)22-16(26)9-4-2-1-3-5-9;23-6-10-12(24)13(25)17(27-10)22-8-20-11-14(18-7-19-15(11)22)21-16(26)9-4-2-1-3-5-9;1-5-7(3,4)6-2;1-3-2;2*1-2;;;;;/h3-7,9-10,12,14-15,19H,8H2,1-2H3,(H,22,23,26,29);3-7,9-10,12,14-15,19,26H,8H2,1-2H3,(H,21,22,24,27);1-5,7-8,10,12-13,17,24-25H,6,18H2,(H,19,20,22,26);1-5,7-8,10,12-13,17,23-25H,6H2,(H,18,19,21,26);1-2H3;1-2H3;1H3;1H2;5*1H4/t2*12-,14?,15+,19-;2*10-,12?,13+,17-;;;;;;;;;/m1111........./s1. The SMILES string of the molecule is C.C.C.C.C.C=O.CC1(C)OC2[C@@H](CN=[N+]=[N-])O[C@@H](n3cnc4c(NC(=O)c5ccccc5)ncnc43)[C@H]2O1.CC1(C)OC2[C@@H](CO)O[C@@H](n3cnc4c(NC(=O)c5ccccc5)ncnc43)[C@H]2O1.COC.COS(=O)(=O)OC.NC[C@H]1O[C@@H](n2cnc3c(NC(=O)c4ccccc4)ncnc32)[C@@H](O)C1O.O=C(Nc1ncnc2c1ncn2[C@@H]1O[C@H](CO)C(O)[C@@H]1O)c1ccccc1.[B]C. The number of hydrogen-bond donors (Lipinski definition) is 11. The van der Waals surface area contributed by atoms with Gasteiger partial charge in [0.1, 0.15) is 99.2 Å². The van der Waals surface area contributed by atoms with Crippen LogP contribution in [0.15, 0.2) is 177 Å². The number of carbonyl (C=O) groups excluding carboxylic acids is 5. The van der Waals surface area contributed by atoms with Crippen LogP contribution in [0, 0.1) is 0 Å². The van der Waals surface area contributed by atoms with E-state index in [1.165, 1.54) is 53.9 Å². The van der Waals surface area contributed by atoms with Crippen LogP contribution in [0.5, 0.6) is 0 Å². The number of anilines is 4. The lowest BCUT2D eigenvalue weighted by Gasteiger charge is -2.24. The van der Waals surface area contributed by atoms with Gasteiger partial charge in [0.2, 0.25) is 0 Å². The summed E-state index contributed by atoms with van der Waals surface area (Å²) in [5.74, 6) is -1.86.